The molecule has 1 aromatic rings. The van der Waals surface area contributed by atoms with Crippen molar-refractivity contribution in [3.05, 3.63) is 28.5 Å². The molecule has 2 heterocycles. The van der Waals surface area contributed by atoms with E-state index in [1.165, 1.54) is 12.8 Å². The zero-order valence-electron chi connectivity index (χ0n) is 9.66. The number of carbonyl (C=O) groups excluding carboxylic acids is 1. The number of halogens is 1. The Balaban J connectivity index is 1.71. The monoisotopic (exact) mass is 250 g/mol. The Morgan fingerprint density at radius 3 is 3.06 bits per heavy atom. The highest BCUT2D eigenvalue weighted by Gasteiger charge is 2.28. The second kappa shape index (κ2) is 4.30. The van der Waals surface area contributed by atoms with Crippen LogP contribution in [0.1, 0.15) is 30.5 Å². The molecule has 1 saturated carbocycles. The lowest BCUT2D eigenvalue weighted by atomic mass is 10.1. The van der Waals surface area contributed by atoms with Crippen molar-refractivity contribution < 1.29 is 4.79 Å². The van der Waals surface area contributed by atoms with Crippen molar-refractivity contribution in [2.24, 2.45) is 5.92 Å². The summed E-state index contributed by atoms with van der Waals surface area (Å²) in [5, 5.41) is 0.543. The fourth-order valence-electron chi connectivity index (χ4n) is 2.30. The van der Waals surface area contributed by atoms with Gasteiger partial charge in [-0.2, -0.15) is 0 Å². The van der Waals surface area contributed by atoms with Crippen molar-refractivity contribution in [3.8, 4) is 0 Å². The SMILES string of the molecule is O=C(CC1CC1)N1CCc2nc(Cl)ccc2C1. The Morgan fingerprint density at radius 2 is 2.29 bits per heavy atom. The van der Waals surface area contributed by atoms with E-state index in [2.05, 4.69) is 4.98 Å². The maximum atomic E-state index is 12.0. The van der Waals surface area contributed by atoms with Crippen LogP contribution in [0.15, 0.2) is 12.1 Å². The first-order chi connectivity index (χ1) is 8.22. The highest BCUT2D eigenvalue weighted by Crippen LogP contribution is 2.33. The molecule has 1 amide bonds. The topological polar surface area (TPSA) is 33.2 Å². The molecule has 0 spiro atoms. The molecule has 1 fully saturated rings. The number of amides is 1. The van der Waals surface area contributed by atoms with Crippen LogP contribution in [-0.4, -0.2) is 22.3 Å². The van der Waals surface area contributed by atoms with Gasteiger partial charge < -0.3 is 4.90 Å². The predicted molar refractivity (Wildman–Crippen MR) is 65.7 cm³/mol. The van der Waals surface area contributed by atoms with Gasteiger partial charge >= 0.3 is 0 Å². The maximum Gasteiger partial charge on any atom is 0.223 e. The minimum atomic E-state index is 0.299. The summed E-state index contributed by atoms with van der Waals surface area (Å²) in [5.41, 5.74) is 2.19. The van der Waals surface area contributed by atoms with Crippen molar-refractivity contribution in [2.75, 3.05) is 6.54 Å². The van der Waals surface area contributed by atoms with Crippen molar-refractivity contribution in [3.63, 3.8) is 0 Å². The number of aromatic nitrogens is 1. The molecule has 90 valence electrons. The van der Waals surface area contributed by atoms with Gasteiger partial charge in [0, 0.05) is 31.6 Å². The summed E-state index contributed by atoms with van der Waals surface area (Å²) in [6.45, 7) is 1.48. The van der Waals surface area contributed by atoms with Gasteiger partial charge in [-0.1, -0.05) is 17.7 Å². The average molecular weight is 251 g/mol. The van der Waals surface area contributed by atoms with Crippen LogP contribution in [0.25, 0.3) is 0 Å². The zero-order valence-corrected chi connectivity index (χ0v) is 10.4. The summed E-state index contributed by atoms with van der Waals surface area (Å²) < 4.78 is 0. The van der Waals surface area contributed by atoms with Gasteiger partial charge in [-0.15, -0.1) is 0 Å². The third-order valence-electron chi connectivity index (χ3n) is 3.53. The molecule has 0 N–H and O–H groups in total. The maximum absolute atomic E-state index is 12.0. The number of pyridine rings is 1. The van der Waals surface area contributed by atoms with Gasteiger partial charge in [-0.05, 0) is 30.4 Å². The van der Waals surface area contributed by atoms with Crippen molar-refractivity contribution >= 4 is 17.5 Å². The molecule has 1 aromatic heterocycles. The van der Waals surface area contributed by atoms with E-state index in [4.69, 9.17) is 11.6 Å². The molecular weight excluding hydrogens is 236 g/mol. The third-order valence-corrected chi connectivity index (χ3v) is 3.74. The summed E-state index contributed by atoms with van der Waals surface area (Å²) >= 11 is 5.86. The van der Waals surface area contributed by atoms with Gasteiger partial charge in [0.05, 0.1) is 0 Å². The second-order valence-electron chi connectivity index (χ2n) is 4.95. The molecule has 2 aliphatic rings. The predicted octanol–water partition coefficient (Wildman–Crippen LogP) is 2.42. The molecule has 0 aromatic carbocycles. The van der Waals surface area contributed by atoms with E-state index in [0.717, 1.165) is 30.6 Å². The molecule has 0 unspecified atom stereocenters. The number of nitrogens with zero attached hydrogens (tertiary/aromatic N) is 2. The summed E-state index contributed by atoms with van der Waals surface area (Å²) in [4.78, 5) is 18.3. The smallest absolute Gasteiger partial charge is 0.223 e. The normalized spacial score (nSPS) is 19.0. The minimum absolute atomic E-state index is 0.299. The first-order valence-electron chi connectivity index (χ1n) is 6.14. The lowest BCUT2D eigenvalue weighted by Gasteiger charge is -2.28. The fourth-order valence-corrected chi connectivity index (χ4v) is 2.47. The lowest BCUT2D eigenvalue weighted by Crippen LogP contribution is -2.36. The Labute approximate surface area is 106 Å². The van der Waals surface area contributed by atoms with Crippen LogP contribution in [0.5, 0.6) is 0 Å². The molecule has 0 bridgehead atoms. The van der Waals surface area contributed by atoms with E-state index in [1.54, 1.807) is 6.07 Å². The number of hydrogen-bond donors (Lipinski definition) is 0. The Hall–Kier alpha value is -1.09. The summed E-state index contributed by atoms with van der Waals surface area (Å²) in [6.07, 6.45) is 4.02. The highest BCUT2D eigenvalue weighted by atomic mass is 35.5. The van der Waals surface area contributed by atoms with E-state index in [-0.39, 0.29) is 0 Å². The van der Waals surface area contributed by atoms with Crippen molar-refractivity contribution in [1.29, 1.82) is 0 Å². The molecular formula is C13H15ClN2O. The molecule has 3 nitrogen and oxygen atoms in total. The summed E-state index contributed by atoms with van der Waals surface area (Å²) in [5.74, 6) is 0.959. The van der Waals surface area contributed by atoms with Crippen LogP contribution in [0.3, 0.4) is 0 Å². The van der Waals surface area contributed by atoms with Gasteiger partial charge in [0.15, 0.2) is 0 Å². The van der Waals surface area contributed by atoms with Gasteiger partial charge in [0.25, 0.3) is 0 Å². The lowest BCUT2D eigenvalue weighted by molar-refractivity contribution is -0.132. The fraction of sp³-hybridized carbons (Fsp3) is 0.538. The average Bonchev–Trinajstić information content (AvgIpc) is 3.12. The van der Waals surface area contributed by atoms with E-state index in [0.29, 0.717) is 23.5 Å². The molecule has 0 saturated heterocycles. The number of hydrogen-bond acceptors (Lipinski definition) is 2. The van der Waals surface area contributed by atoms with Crippen LogP contribution in [0, 0.1) is 5.92 Å². The van der Waals surface area contributed by atoms with Crippen LogP contribution in [-0.2, 0) is 17.8 Å². The Bertz CT molecular complexity index is 457. The summed E-state index contributed by atoms with van der Waals surface area (Å²) in [7, 11) is 0. The minimum Gasteiger partial charge on any atom is -0.338 e. The molecule has 4 heteroatoms. The van der Waals surface area contributed by atoms with E-state index >= 15 is 0 Å². The molecule has 3 rings (SSSR count). The van der Waals surface area contributed by atoms with Crippen LogP contribution in [0.2, 0.25) is 5.15 Å². The molecule has 0 atom stereocenters. The highest BCUT2D eigenvalue weighted by molar-refractivity contribution is 6.29. The van der Waals surface area contributed by atoms with E-state index in [1.807, 2.05) is 11.0 Å². The molecule has 1 aliphatic carbocycles. The Kier molecular flexibility index (Phi) is 2.79. The van der Waals surface area contributed by atoms with Crippen LogP contribution >= 0.6 is 11.6 Å². The van der Waals surface area contributed by atoms with Gasteiger partial charge in [-0.25, -0.2) is 4.98 Å². The second-order valence-corrected chi connectivity index (χ2v) is 5.34. The van der Waals surface area contributed by atoms with Gasteiger partial charge in [-0.3, -0.25) is 4.79 Å². The first-order valence-corrected chi connectivity index (χ1v) is 6.52. The van der Waals surface area contributed by atoms with Crippen LogP contribution < -0.4 is 0 Å². The molecule has 0 radical (unpaired) electrons. The number of carbonyl (C=O) groups is 1. The number of fused-ring (bicyclic) bond motifs is 1. The summed E-state index contributed by atoms with van der Waals surface area (Å²) in [6, 6.07) is 3.79. The van der Waals surface area contributed by atoms with Crippen molar-refractivity contribution in [1.82, 2.24) is 9.88 Å². The standard InChI is InChI=1S/C13H15ClN2O/c14-12-4-3-10-8-16(6-5-11(10)15-12)13(17)7-9-1-2-9/h3-4,9H,1-2,5-8H2. The first kappa shape index (κ1) is 11.0. The van der Waals surface area contributed by atoms with Crippen LogP contribution in [0.4, 0.5) is 0 Å². The third kappa shape index (κ3) is 2.44. The van der Waals surface area contributed by atoms with Gasteiger partial charge in [0.1, 0.15) is 5.15 Å². The van der Waals surface area contributed by atoms with E-state index < -0.39 is 0 Å². The Morgan fingerprint density at radius 1 is 1.47 bits per heavy atom. The van der Waals surface area contributed by atoms with E-state index in [9.17, 15) is 4.79 Å². The number of rotatable bonds is 2. The zero-order chi connectivity index (χ0) is 11.8. The molecule has 1 aliphatic heterocycles. The van der Waals surface area contributed by atoms with Gasteiger partial charge in [0.2, 0.25) is 5.91 Å². The largest absolute Gasteiger partial charge is 0.338 e. The van der Waals surface area contributed by atoms with Crippen molar-refractivity contribution in [2.45, 2.75) is 32.2 Å². The quantitative estimate of drug-likeness (QED) is 0.756. The molecule has 17 heavy (non-hydrogen) atoms.